The second-order valence-electron chi connectivity index (χ2n) is 30.3. The number of fused-ring (bicyclic) bond motifs is 9. The number of nitrogen functional groups attached to an aromatic ring is 1. The second kappa shape index (κ2) is 46.5. The Labute approximate surface area is 847 Å². The molecule has 0 unspecified atom stereocenters. The molecular formula is C101H92Br3ClN6O24S6. The molecule has 0 saturated heterocycles. The largest absolute Gasteiger partial charge is 0.508 e. The summed E-state index contributed by atoms with van der Waals surface area (Å²) in [6.07, 6.45) is 0. The number of hydrogen-bond acceptors (Lipinski definition) is 25. The maximum atomic E-state index is 13.6. The van der Waals surface area contributed by atoms with E-state index in [0.29, 0.717) is 111 Å². The van der Waals surface area contributed by atoms with Crippen molar-refractivity contribution in [3.63, 3.8) is 0 Å². The number of phenols is 4. The number of sulfonamides is 5. The van der Waals surface area contributed by atoms with Gasteiger partial charge in [-0.15, -0.1) is 0 Å². The molecule has 15 aromatic rings. The van der Waals surface area contributed by atoms with Gasteiger partial charge in [0.2, 0.25) is 0 Å². The van der Waals surface area contributed by atoms with Gasteiger partial charge in [0.25, 0.3) is 59.2 Å². The Bertz CT molecular complexity index is 7800. The Morgan fingerprint density at radius 1 is 0.355 bits per heavy atom. The Morgan fingerprint density at radius 3 is 1.22 bits per heavy atom. The van der Waals surface area contributed by atoms with E-state index in [4.69, 9.17) is 54.3 Å². The molecule has 0 atom stereocenters. The lowest BCUT2D eigenvalue weighted by Crippen LogP contribution is -2.33. The number of nitrogens with zero attached hydrogens (tertiary/aromatic N) is 3. The number of ether oxygens (including phenoxy) is 8. The number of phenolic OH excluding ortho intramolecular Hbond substituents is 4. The molecule has 0 spiro atoms. The maximum Gasteiger partial charge on any atom is 0.265 e. The van der Waals surface area contributed by atoms with Crippen LogP contribution in [-0.2, 0) is 78.8 Å². The fourth-order valence-corrected chi connectivity index (χ4v) is 23.6. The number of nitrogens with two attached hydrogens (primary N) is 1. The summed E-state index contributed by atoms with van der Waals surface area (Å²) in [5.41, 5.74) is 15.0. The molecule has 0 radical (unpaired) electrons. The average molecular weight is 2240 g/mol. The summed E-state index contributed by atoms with van der Waals surface area (Å²) in [6, 6.07) is 90.9. The molecule has 734 valence electrons. The third-order valence-corrected chi connectivity index (χ3v) is 32.8. The Morgan fingerprint density at radius 2 is 0.716 bits per heavy atom. The van der Waals surface area contributed by atoms with Gasteiger partial charge in [-0.1, -0.05) is 109 Å². The van der Waals surface area contributed by atoms with Crippen molar-refractivity contribution in [1.82, 2.24) is 0 Å². The molecule has 8 N–H and O–H groups in total. The number of aromatic hydroxyl groups is 4. The third-order valence-electron chi connectivity index (χ3n) is 21.2. The fraction of sp³-hybridized carbons (Fsp3) is 0.109. The molecule has 0 fully saturated rings. The highest BCUT2D eigenvalue weighted by molar-refractivity contribution is 9.11. The van der Waals surface area contributed by atoms with Crippen LogP contribution in [0.15, 0.2) is 370 Å². The molecule has 30 nitrogen and oxygen atoms in total. The van der Waals surface area contributed by atoms with E-state index in [1.807, 2.05) is 115 Å². The van der Waals surface area contributed by atoms with Crippen molar-refractivity contribution in [2.75, 3.05) is 85.0 Å². The number of rotatable bonds is 21. The van der Waals surface area contributed by atoms with Crippen LogP contribution in [0.1, 0.15) is 16.7 Å². The highest BCUT2D eigenvalue weighted by Crippen LogP contribution is 2.50. The van der Waals surface area contributed by atoms with Crippen LogP contribution < -0.4 is 66.0 Å². The van der Waals surface area contributed by atoms with Crippen LogP contribution in [0.5, 0.6) is 69.0 Å². The molecule has 15 aromatic carbocycles. The summed E-state index contributed by atoms with van der Waals surface area (Å²) in [6.45, 7) is 0.543. The van der Waals surface area contributed by atoms with Crippen molar-refractivity contribution in [3.8, 4) is 102 Å². The summed E-state index contributed by atoms with van der Waals surface area (Å²) in [7, 11) is -5.23. The lowest BCUT2D eigenvalue weighted by Gasteiger charge is -2.32. The van der Waals surface area contributed by atoms with Crippen LogP contribution in [0.3, 0.4) is 0 Å². The maximum absolute atomic E-state index is 13.6. The van der Waals surface area contributed by atoms with Gasteiger partial charge in [0.15, 0.2) is 0 Å². The van der Waals surface area contributed by atoms with Crippen LogP contribution in [0.25, 0.3) is 33.4 Å². The van der Waals surface area contributed by atoms with E-state index in [9.17, 15) is 70.9 Å². The highest BCUT2D eigenvalue weighted by Gasteiger charge is 2.39. The molecule has 40 heteroatoms. The van der Waals surface area contributed by atoms with Gasteiger partial charge in [-0.3, -0.25) is 22.4 Å². The number of nitrogens with one attached hydrogen (secondary N) is 2. The van der Waals surface area contributed by atoms with Crippen molar-refractivity contribution in [2.24, 2.45) is 0 Å². The lowest BCUT2D eigenvalue weighted by molar-refractivity contribution is 0.413. The molecule has 3 heterocycles. The van der Waals surface area contributed by atoms with Gasteiger partial charge < -0.3 is 64.1 Å². The van der Waals surface area contributed by atoms with Crippen LogP contribution in [0, 0.1) is 0 Å². The first-order valence-corrected chi connectivity index (χ1v) is 53.7. The van der Waals surface area contributed by atoms with Crippen molar-refractivity contribution in [3.05, 3.63) is 358 Å². The summed E-state index contributed by atoms with van der Waals surface area (Å²) in [4.78, 5) is 0.648. The third kappa shape index (κ3) is 26.1. The Balaban J connectivity index is 0.000000150. The van der Waals surface area contributed by atoms with E-state index in [-0.39, 0.29) is 72.0 Å². The first-order chi connectivity index (χ1) is 67.2. The monoisotopic (exact) mass is 2240 g/mol. The number of methoxy groups -OCH3 is 8. The predicted molar refractivity (Wildman–Crippen MR) is 555 cm³/mol. The molecule has 3 aliphatic rings. The molecule has 0 saturated carbocycles. The fourth-order valence-electron chi connectivity index (χ4n) is 14.2. The SMILES string of the molecule is COc1ccc(Br)c(N)c1.COc1ccc2c(c1)N(Cc1ccccc1)S(=O)(=O)c1cc(OC)ccc1-2.COc1cccc(S(=O)(=O)Cl)c1.COc1cccc(S(=O)(=O)N(Cc2ccccc2)c2cc(OC)ccc2Br)c1.COc1cccc(S(=O)(=O)Nc2cc(OC)ccc2Br)c1.O=S1(=O)Nc2cc(O)ccc2-c2ccc(O)cc21.O=S1(=O)c2cc(O)ccc2-c2ccc(O)cc2N1Cc1ccccc1. The van der Waals surface area contributed by atoms with Crippen LogP contribution in [0.2, 0.25) is 0 Å². The number of anilines is 6. The molecule has 3 aliphatic heterocycles. The van der Waals surface area contributed by atoms with Gasteiger partial charge in [0.1, 0.15) is 69.0 Å². The normalized spacial score (nSPS) is 12.7. The second-order valence-corrected chi connectivity index (χ2v) is 44.3. The zero-order valence-electron chi connectivity index (χ0n) is 76.1. The molecule has 0 aromatic heterocycles. The van der Waals surface area contributed by atoms with E-state index < -0.39 is 59.2 Å². The van der Waals surface area contributed by atoms with Crippen molar-refractivity contribution < 1.29 is 109 Å². The number of halogens is 4. The van der Waals surface area contributed by atoms with E-state index in [2.05, 4.69) is 57.2 Å². The molecule has 18 rings (SSSR count). The van der Waals surface area contributed by atoms with Gasteiger partial charge in [0.05, 0.1) is 134 Å². The summed E-state index contributed by atoms with van der Waals surface area (Å²) in [5, 5.41) is 38.4. The quantitative estimate of drug-likeness (QED) is 0.0259. The Kier molecular flexibility index (Phi) is 34.9. The van der Waals surface area contributed by atoms with Crippen LogP contribution in [-0.4, -0.2) is 128 Å². The molecular weight excluding hydrogens is 2150 g/mol. The minimum absolute atomic E-state index is 0.00533. The highest BCUT2D eigenvalue weighted by atomic mass is 79.9. The Hall–Kier alpha value is -13.9. The molecule has 0 aliphatic carbocycles. The van der Waals surface area contributed by atoms with Gasteiger partial charge in [-0.25, -0.2) is 50.5 Å². The van der Waals surface area contributed by atoms with Crippen LogP contribution in [0.4, 0.5) is 34.1 Å². The molecule has 0 amide bonds. The van der Waals surface area contributed by atoms with Crippen LogP contribution >= 0.6 is 58.5 Å². The van der Waals surface area contributed by atoms with Gasteiger partial charge in [-0.05, 0) is 210 Å². The minimum atomic E-state index is -3.87. The van der Waals surface area contributed by atoms with Crippen molar-refractivity contribution in [2.45, 2.75) is 49.0 Å². The van der Waals surface area contributed by atoms with Gasteiger partial charge >= 0.3 is 0 Å². The number of hydrogen-bond donors (Lipinski definition) is 7. The average Bonchev–Trinajstić information content (AvgIpc) is 0.732. The lowest BCUT2D eigenvalue weighted by atomic mass is 10.0. The van der Waals surface area contributed by atoms with E-state index in [0.717, 1.165) is 32.5 Å². The number of benzene rings is 15. The minimum Gasteiger partial charge on any atom is -0.508 e. The van der Waals surface area contributed by atoms with E-state index in [1.54, 1.807) is 155 Å². The van der Waals surface area contributed by atoms with Gasteiger partial charge in [0, 0.05) is 136 Å². The first-order valence-electron chi connectivity index (χ1n) is 41.8. The standard InChI is InChI=1S/C21H20BrNO4S.C21H19NO4S.C19H15NO4S.C14H14BrNO4S.C12H9NO4S.C7H8BrNO.C7H7ClO3S/c1-26-17-9-6-10-19(13-17)28(24,25)23(15-16-7-4-3-5-8-16)21-14-18(27-2)11-12-20(21)22;1-25-16-8-10-18-19-11-9-17(26-2)13-21(19)27(23,24)22(20(18)12-16)14-15-6-4-3-5-7-15;21-14-6-8-16-17-9-7-15(22)11-19(17)25(23,24)20(18(16)10-14)12-13-4-2-1-3-5-13;1-19-10-4-3-5-12(8-10)21(17,18)16-14-9-11(20-2)6-7-13(14)15;14-7-1-3-9-10-4-2-8(15)6-12(10)18(16,17)13-11(9)5-7;1-10-5-2-3-6(8)7(9)4-5;1-11-6-3-2-4-7(5-6)12(8,9)10/h3-14H,15H2,1-2H3;3-13H,14H2,1-2H3;1-11,21-22H,12H2;3-9,16H,1-2H3;1-6,13-15H;2-4H,9H2,1H3;2-5H,1H3. The topological polar surface area (TPSA) is 419 Å². The van der Waals surface area contributed by atoms with Crippen molar-refractivity contribution >= 4 is 152 Å². The summed E-state index contributed by atoms with van der Waals surface area (Å²) < 4.78 is 203. The first kappa shape index (κ1) is 106. The zero-order chi connectivity index (χ0) is 102. The van der Waals surface area contributed by atoms with Crippen molar-refractivity contribution in [1.29, 1.82) is 0 Å². The van der Waals surface area contributed by atoms with Gasteiger partial charge in [-0.2, -0.15) is 0 Å². The van der Waals surface area contributed by atoms with E-state index >= 15 is 0 Å². The molecule has 0 bridgehead atoms. The summed E-state index contributed by atoms with van der Waals surface area (Å²) >= 11 is 10.1. The van der Waals surface area contributed by atoms with E-state index in [1.165, 1.54) is 127 Å². The summed E-state index contributed by atoms with van der Waals surface area (Å²) in [5.74, 6) is 4.20. The molecule has 141 heavy (non-hydrogen) atoms. The predicted octanol–water partition coefficient (Wildman–Crippen LogP) is 21.2. The smallest absolute Gasteiger partial charge is 0.265 e. The zero-order valence-corrected chi connectivity index (χ0v) is 86.5.